The first-order valence-corrected chi connectivity index (χ1v) is 9.97. The van der Waals surface area contributed by atoms with Crippen LogP contribution >= 0.6 is 11.3 Å². The van der Waals surface area contributed by atoms with Crippen molar-refractivity contribution in [3.63, 3.8) is 0 Å². The topological polar surface area (TPSA) is 100.0 Å². The van der Waals surface area contributed by atoms with Crippen molar-refractivity contribution in [3.05, 3.63) is 59.2 Å². The summed E-state index contributed by atoms with van der Waals surface area (Å²) in [6, 6.07) is 9.71. The lowest BCUT2D eigenvalue weighted by Gasteiger charge is -2.20. The number of thiazole rings is 1. The van der Waals surface area contributed by atoms with E-state index in [1.165, 1.54) is 41.7 Å². The van der Waals surface area contributed by atoms with Crippen molar-refractivity contribution in [2.24, 2.45) is 0 Å². The molecule has 3 aromatic rings. The molecule has 1 atom stereocenters. The van der Waals surface area contributed by atoms with Crippen LogP contribution in [0.15, 0.2) is 47.8 Å². The van der Waals surface area contributed by atoms with Crippen LogP contribution in [0.5, 0.6) is 5.75 Å². The molecule has 10 heteroatoms. The van der Waals surface area contributed by atoms with E-state index in [-0.39, 0.29) is 35.2 Å². The standard InChI is InChI=1S/C18H15FN2O5S2/c1-2-26-15-9-12(18(22)23)5-8-14(15)21(28(24)25)16-10-27-17(20-16)11-3-6-13(19)7-4-11/h3-10H,2H2,1H3,(H,22,23)(H,24,25). The second-order valence-corrected chi connectivity index (χ2v) is 7.15. The largest absolute Gasteiger partial charge is 0.492 e. The van der Waals surface area contributed by atoms with Crippen LogP contribution in [0.3, 0.4) is 0 Å². The Labute approximate surface area is 166 Å². The number of hydrogen-bond donors (Lipinski definition) is 2. The molecule has 1 aromatic heterocycles. The van der Waals surface area contributed by atoms with Crippen LogP contribution in [0, 0.1) is 5.82 Å². The molecule has 0 spiro atoms. The summed E-state index contributed by atoms with van der Waals surface area (Å²) in [6.07, 6.45) is 0. The van der Waals surface area contributed by atoms with E-state index in [0.29, 0.717) is 10.6 Å². The van der Waals surface area contributed by atoms with Gasteiger partial charge in [-0.3, -0.25) is 4.55 Å². The fraction of sp³-hybridized carbons (Fsp3) is 0.111. The molecule has 7 nitrogen and oxygen atoms in total. The number of ether oxygens (including phenoxy) is 1. The molecule has 0 radical (unpaired) electrons. The van der Waals surface area contributed by atoms with Crippen LogP contribution < -0.4 is 9.04 Å². The van der Waals surface area contributed by atoms with Crippen LogP contribution in [-0.2, 0) is 11.3 Å². The van der Waals surface area contributed by atoms with E-state index in [9.17, 15) is 17.9 Å². The number of rotatable bonds is 7. The molecule has 146 valence electrons. The fourth-order valence-electron chi connectivity index (χ4n) is 2.46. The predicted octanol–water partition coefficient (Wildman–Crippen LogP) is 4.32. The zero-order valence-corrected chi connectivity index (χ0v) is 16.2. The number of carbonyl (C=O) groups is 1. The van der Waals surface area contributed by atoms with Gasteiger partial charge >= 0.3 is 5.97 Å². The lowest BCUT2D eigenvalue weighted by atomic mass is 10.2. The molecule has 0 aliphatic heterocycles. The SMILES string of the molecule is CCOc1cc(C(=O)O)ccc1N(c1csc(-c2ccc(F)cc2)n1)S(=O)O. The Morgan fingerprint density at radius 1 is 1.29 bits per heavy atom. The molecule has 0 saturated carbocycles. The van der Waals surface area contributed by atoms with Crippen molar-refractivity contribution in [2.45, 2.75) is 6.92 Å². The van der Waals surface area contributed by atoms with E-state index in [0.717, 1.165) is 4.31 Å². The molecule has 28 heavy (non-hydrogen) atoms. The summed E-state index contributed by atoms with van der Waals surface area (Å²) in [4.78, 5) is 15.6. The Bertz CT molecular complexity index is 1020. The molecule has 0 bridgehead atoms. The van der Waals surface area contributed by atoms with Crippen molar-refractivity contribution in [3.8, 4) is 16.3 Å². The second-order valence-electron chi connectivity index (χ2n) is 5.46. The third-order valence-corrected chi connectivity index (χ3v) is 5.25. The highest BCUT2D eigenvalue weighted by Crippen LogP contribution is 2.37. The summed E-state index contributed by atoms with van der Waals surface area (Å²) in [7, 11) is 0. The molecule has 3 rings (SSSR count). The Morgan fingerprint density at radius 2 is 2.00 bits per heavy atom. The normalized spacial score (nSPS) is 11.8. The van der Waals surface area contributed by atoms with Gasteiger partial charge in [0, 0.05) is 10.9 Å². The molecule has 0 amide bonds. The van der Waals surface area contributed by atoms with Gasteiger partial charge in [0.1, 0.15) is 22.3 Å². The second kappa shape index (κ2) is 8.46. The number of benzene rings is 2. The van der Waals surface area contributed by atoms with Crippen molar-refractivity contribution >= 4 is 40.1 Å². The summed E-state index contributed by atoms with van der Waals surface area (Å²) in [6.45, 7) is 1.95. The highest BCUT2D eigenvalue weighted by atomic mass is 32.2. The molecule has 2 N–H and O–H groups in total. The van der Waals surface area contributed by atoms with Crippen molar-refractivity contribution in [2.75, 3.05) is 10.9 Å². The van der Waals surface area contributed by atoms with E-state index >= 15 is 0 Å². The summed E-state index contributed by atoms with van der Waals surface area (Å²) < 4.78 is 41.5. The van der Waals surface area contributed by atoms with Gasteiger partial charge < -0.3 is 9.84 Å². The molecule has 1 heterocycles. The van der Waals surface area contributed by atoms with Crippen LogP contribution in [0.4, 0.5) is 15.9 Å². The Hall–Kier alpha value is -2.82. The van der Waals surface area contributed by atoms with Gasteiger partial charge in [-0.2, -0.15) is 0 Å². The molecule has 1 unspecified atom stereocenters. The number of nitrogens with zero attached hydrogens (tertiary/aromatic N) is 2. The third-order valence-electron chi connectivity index (χ3n) is 3.67. The summed E-state index contributed by atoms with van der Waals surface area (Å²) in [5.74, 6) is -1.20. The van der Waals surface area contributed by atoms with Crippen LogP contribution in [0.1, 0.15) is 17.3 Å². The third kappa shape index (κ3) is 4.19. The van der Waals surface area contributed by atoms with Gasteiger partial charge in [-0.15, -0.1) is 11.3 Å². The fourth-order valence-corrected chi connectivity index (χ4v) is 3.89. The average Bonchev–Trinajstić information content (AvgIpc) is 3.13. The molecule has 0 fully saturated rings. The van der Waals surface area contributed by atoms with Crippen LogP contribution in [-0.4, -0.2) is 31.4 Å². The maximum Gasteiger partial charge on any atom is 0.335 e. The van der Waals surface area contributed by atoms with Gasteiger partial charge in [0.2, 0.25) is 0 Å². The van der Waals surface area contributed by atoms with Crippen LogP contribution in [0.25, 0.3) is 10.6 Å². The highest BCUT2D eigenvalue weighted by Gasteiger charge is 2.23. The summed E-state index contributed by atoms with van der Waals surface area (Å²) in [5.41, 5.74) is 0.845. The Morgan fingerprint density at radius 3 is 2.61 bits per heavy atom. The summed E-state index contributed by atoms with van der Waals surface area (Å²) >= 11 is -1.27. The Kier molecular flexibility index (Phi) is 6.02. The van der Waals surface area contributed by atoms with E-state index in [1.807, 2.05) is 0 Å². The first-order chi connectivity index (χ1) is 13.4. The number of anilines is 2. The lowest BCUT2D eigenvalue weighted by molar-refractivity contribution is 0.0696. The van der Waals surface area contributed by atoms with Crippen LogP contribution in [0.2, 0.25) is 0 Å². The molecule has 0 aliphatic carbocycles. The Balaban J connectivity index is 2.04. The first kappa shape index (κ1) is 19.9. The maximum atomic E-state index is 13.1. The minimum Gasteiger partial charge on any atom is -0.492 e. The number of aromatic carboxylic acids is 1. The molecular formula is C18H15FN2O5S2. The maximum absolute atomic E-state index is 13.1. The minimum absolute atomic E-state index is 0.0128. The zero-order chi connectivity index (χ0) is 20.3. The van der Waals surface area contributed by atoms with Gasteiger partial charge in [-0.05, 0) is 49.4 Å². The number of carboxylic acid groups (broad SMARTS) is 1. The molecule has 2 aromatic carbocycles. The van der Waals surface area contributed by atoms with Gasteiger partial charge in [0.05, 0.1) is 12.2 Å². The number of halogens is 1. The molecule has 0 aliphatic rings. The van der Waals surface area contributed by atoms with Crippen molar-refractivity contribution in [1.82, 2.24) is 4.98 Å². The predicted molar refractivity (Wildman–Crippen MR) is 105 cm³/mol. The number of aromatic nitrogens is 1. The quantitative estimate of drug-likeness (QED) is 0.550. The van der Waals surface area contributed by atoms with Gasteiger partial charge in [-0.25, -0.2) is 22.7 Å². The molecule has 0 saturated heterocycles. The van der Waals surface area contributed by atoms with E-state index < -0.39 is 17.2 Å². The van der Waals surface area contributed by atoms with E-state index in [2.05, 4.69) is 4.98 Å². The van der Waals surface area contributed by atoms with Crippen molar-refractivity contribution in [1.29, 1.82) is 0 Å². The summed E-state index contributed by atoms with van der Waals surface area (Å²) in [5, 5.41) is 11.3. The smallest absolute Gasteiger partial charge is 0.335 e. The number of hydrogen-bond acceptors (Lipinski definition) is 5. The lowest BCUT2D eigenvalue weighted by Crippen LogP contribution is -2.20. The zero-order valence-electron chi connectivity index (χ0n) is 14.5. The van der Waals surface area contributed by atoms with Gasteiger partial charge in [0.25, 0.3) is 11.3 Å². The van der Waals surface area contributed by atoms with Gasteiger partial charge in [0.15, 0.2) is 5.82 Å². The van der Waals surface area contributed by atoms with Crippen molar-refractivity contribution < 1.29 is 27.8 Å². The van der Waals surface area contributed by atoms with Gasteiger partial charge in [-0.1, -0.05) is 0 Å². The van der Waals surface area contributed by atoms with E-state index in [4.69, 9.17) is 9.84 Å². The monoisotopic (exact) mass is 422 g/mol. The first-order valence-electron chi connectivity index (χ1n) is 8.03. The highest BCUT2D eigenvalue weighted by molar-refractivity contribution is 7.81. The average molecular weight is 422 g/mol. The molecular weight excluding hydrogens is 407 g/mol. The van der Waals surface area contributed by atoms with E-state index in [1.54, 1.807) is 24.4 Å². The minimum atomic E-state index is -2.49. The number of carboxylic acids is 1.